The number of ether oxygens (including phenoxy) is 2. The zero-order valence-electron chi connectivity index (χ0n) is 15.3. The number of carbonyl (C=O) groups excluding carboxylic acids is 3. The number of amides is 2. The Labute approximate surface area is 163 Å². The zero-order chi connectivity index (χ0) is 19.8. The van der Waals surface area contributed by atoms with E-state index in [1.165, 1.54) is 0 Å². The van der Waals surface area contributed by atoms with E-state index >= 15 is 0 Å². The lowest BCUT2D eigenvalue weighted by atomic mass is 10.1. The molecule has 7 heteroatoms. The maximum Gasteiger partial charge on any atom is 0.326 e. The van der Waals surface area contributed by atoms with E-state index in [0.29, 0.717) is 11.3 Å². The van der Waals surface area contributed by atoms with Crippen molar-refractivity contribution in [3.05, 3.63) is 66.2 Å². The molecule has 2 N–H and O–H groups in total. The summed E-state index contributed by atoms with van der Waals surface area (Å²) in [6.45, 7) is -0.571. The lowest BCUT2D eigenvalue weighted by molar-refractivity contribution is -0.156. The van der Waals surface area contributed by atoms with Gasteiger partial charge in [0.05, 0.1) is 0 Å². The fraction of sp³-hybridized carbons (Fsp3) is 0.286. The van der Waals surface area contributed by atoms with Gasteiger partial charge in [0, 0.05) is 11.6 Å². The van der Waals surface area contributed by atoms with Crippen molar-refractivity contribution in [3.63, 3.8) is 0 Å². The first-order chi connectivity index (χ1) is 13.6. The summed E-state index contributed by atoms with van der Waals surface area (Å²) >= 11 is 0. The van der Waals surface area contributed by atoms with Crippen molar-refractivity contribution in [2.24, 2.45) is 0 Å². The number of para-hydroxylation sites is 1. The number of nitrogens with one attached hydrogen (secondary N) is 2. The normalized spacial score (nSPS) is 13.9. The van der Waals surface area contributed by atoms with Gasteiger partial charge in [0.1, 0.15) is 12.3 Å². The van der Waals surface area contributed by atoms with Gasteiger partial charge in [0.15, 0.2) is 6.61 Å². The average molecular weight is 382 g/mol. The Bertz CT molecular complexity index is 806. The molecule has 0 radical (unpaired) electrons. The van der Waals surface area contributed by atoms with E-state index in [9.17, 15) is 14.4 Å². The summed E-state index contributed by atoms with van der Waals surface area (Å²) in [5.41, 5.74) is 0.577. The SMILES string of the molecule is O=C(COc1ccccc1)NCC(=O)O[C@@H](C(=O)NC1CC1)c1ccccc1. The van der Waals surface area contributed by atoms with Gasteiger partial charge < -0.3 is 20.1 Å². The van der Waals surface area contributed by atoms with E-state index in [2.05, 4.69) is 10.6 Å². The second kappa shape index (κ2) is 9.55. The Morgan fingerprint density at radius 2 is 1.61 bits per heavy atom. The molecule has 0 saturated heterocycles. The molecule has 3 rings (SSSR count). The highest BCUT2D eigenvalue weighted by molar-refractivity contribution is 5.87. The molecule has 2 aromatic carbocycles. The van der Waals surface area contributed by atoms with Gasteiger partial charge in [-0.15, -0.1) is 0 Å². The molecular weight excluding hydrogens is 360 g/mol. The molecule has 0 aliphatic heterocycles. The first-order valence-electron chi connectivity index (χ1n) is 9.11. The van der Waals surface area contributed by atoms with Gasteiger partial charge in [-0.1, -0.05) is 48.5 Å². The quantitative estimate of drug-likeness (QED) is 0.645. The minimum atomic E-state index is -1.05. The van der Waals surface area contributed by atoms with Crippen LogP contribution in [0.2, 0.25) is 0 Å². The molecule has 28 heavy (non-hydrogen) atoms. The highest BCUT2D eigenvalue weighted by atomic mass is 16.5. The summed E-state index contributed by atoms with van der Waals surface area (Å²) in [4.78, 5) is 36.4. The molecule has 1 fully saturated rings. The molecule has 1 aliphatic carbocycles. The maximum atomic E-state index is 12.4. The van der Waals surface area contributed by atoms with Crippen molar-refractivity contribution in [2.75, 3.05) is 13.2 Å². The molecule has 0 spiro atoms. The van der Waals surface area contributed by atoms with Crippen LogP contribution in [0.1, 0.15) is 24.5 Å². The Balaban J connectivity index is 1.48. The van der Waals surface area contributed by atoms with Gasteiger partial charge in [0.25, 0.3) is 11.8 Å². The van der Waals surface area contributed by atoms with Crippen molar-refractivity contribution in [1.82, 2.24) is 10.6 Å². The summed E-state index contributed by atoms with van der Waals surface area (Å²) in [6.07, 6.45) is 0.809. The monoisotopic (exact) mass is 382 g/mol. The lowest BCUT2D eigenvalue weighted by Gasteiger charge is -2.18. The van der Waals surface area contributed by atoms with Crippen LogP contribution in [-0.4, -0.2) is 37.0 Å². The van der Waals surface area contributed by atoms with E-state index in [-0.39, 0.29) is 25.1 Å². The summed E-state index contributed by atoms with van der Waals surface area (Å²) < 4.78 is 10.6. The standard InChI is InChI=1S/C21H22N2O5/c24-18(14-27-17-9-5-2-6-10-17)22-13-19(25)28-20(15-7-3-1-4-8-15)21(26)23-16-11-12-16/h1-10,16,20H,11-14H2,(H,22,24)(H,23,26)/t20-/m1/s1. The molecule has 146 valence electrons. The second-order valence-electron chi connectivity index (χ2n) is 6.44. The maximum absolute atomic E-state index is 12.4. The van der Waals surface area contributed by atoms with Crippen LogP contribution < -0.4 is 15.4 Å². The Hall–Kier alpha value is -3.35. The lowest BCUT2D eigenvalue weighted by Crippen LogP contribution is -2.37. The largest absolute Gasteiger partial charge is 0.484 e. The molecule has 1 aliphatic rings. The van der Waals surface area contributed by atoms with Crippen LogP contribution in [0, 0.1) is 0 Å². The van der Waals surface area contributed by atoms with Crippen molar-refractivity contribution >= 4 is 17.8 Å². The van der Waals surface area contributed by atoms with Gasteiger partial charge in [-0.05, 0) is 25.0 Å². The molecule has 0 aromatic heterocycles. The van der Waals surface area contributed by atoms with E-state index in [0.717, 1.165) is 12.8 Å². The first-order valence-corrected chi connectivity index (χ1v) is 9.11. The van der Waals surface area contributed by atoms with Crippen molar-refractivity contribution in [1.29, 1.82) is 0 Å². The average Bonchev–Trinajstić information content (AvgIpc) is 3.54. The van der Waals surface area contributed by atoms with Crippen LogP contribution in [0.5, 0.6) is 5.75 Å². The number of carbonyl (C=O) groups is 3. The fourth-order valence-corrected chi connectivity index (χ4v) is 2.47. The molecule has 7 nitrogen and oxygen atoms in total. The van der Waals surface area contributed by atoms with Gasteiger partial charge in [-0.3, -0.25) is 14.4 Å². The number of hydrogen-bond acceptors (Lipinski definition) is 5. The molecule has 0 unspecified atom stereocenters. The molecule has 2 aromatic rings. The topological polar surface area (TPSA) is 93.7 Å². The Morgan fingerprint density at radius 1 is 0.964 bits per heavy atom. The van der Waals surface area contributed by atoms with E-state index in [1.807, 2.05) is 12.1 Å². The number of esters is 1. The van der Waals surface area contributed by atoms with Gasteiger partial charge in [-0.25, -0.2) is 0 Å². The summed E-state index contributed by atoms with van der Waals surface area (Å²) in [7, 11) is 0. The van der Waals surface area contributed by atoms with E-state index in [4.69, 9.17) is 9.47 Å². The number of hydrogen-bond donors (Lipinski definition) is 2. The van der Waals surface area contributed by atoms with Gasteiger partial charge in [-0.2, -0.15) is 0 Å². The van der Waals surface area contributed by atoms with Crippen LogP contribution in [0.4, 0.5) is 0 Å². The van der Waals surface area contributed by atoms with E-state index in [1.54, 1.807) is 48.5 Å². The third-order valence-electron chi connectivity index (χ3n) is 4.06. The van der Waals surface area contributed by atoms with Gasteiger partial charge >= 0.3 is 5.97 Å². The van der Waals surface area contributed by atoms with Crippen LogP contribution >= 0.6 is 0 Å². The van der Waals surface area contributed by atoms with Crippen LogP contribution in [0.15, 0.2) is 60.7 Å². The Kier molecular flexibility index (Phi) is 6.62. The summed E-state index contributed by atoms with van der Waals surface area (Å²) in [5.74, 6) is -0.964. The molecular formula is C21H22N2O5. The van der Waals surface area contributed by atoms with Crippen LogP contribution in [0.3, 0.4) is 0 Å². The Morgan fingerprint density at radius 3 is 2.25 bits per heavy atom. The summed E-state index contributed by atoms with van der Waals surface area (Å²) in [5, 5.41) is 5.27. The van der Waals surface area contributed by atoms with Crippen LogP contribution in [0.25, 0.3) is 0 Å². The molecule has 1 atom stereocenters. The predicted octanol–water partition coefficient (Wildman–Crippen LogP) is 1.74. The smallest absolute Gasteiger partial charge is 0.326 e. The third-order valence-corrected chi connectivity index (χ3v) is 4.06. The minimum Gasteiger partial charge on any atom is -0.484 e. The summed E-state index contributed by atoms with van der Waals surface area (Å²) in [6, 6.07) is 17.8. The second-order valence-corrected chi connectivity index (χ2v) is 6.44. The van der Waals surface area contributed by atoms with Crippen LogP contribution in [-0.2, 0) is 19.1 Å². The predicted molar refractivity (Wildman–Crippen MR) is 101 cm³/mol. The minimum absolute atomic E-state index is 0.146. The molecule has 0 heterocycles. The van der Waals surface area contributed by atoms with Crippen molar-refractivity contribution < 1.29 is 23.9 Å². The fourth-order valence-electron chi connectivity index (χ4n) is 2.47. The van der Waals surface area contributed by atoms with Crippen molar-refractivity contribution in [3.8, 4) is 5.75 Å². The first kappa shape index (κ1) is 19.4. The number of rotatable bonds is 9. The molecule has 2 amide bonds. The van der Waals surface area contributed by atoms with E-state index < -0.39 is 18.0 Å². The number of benzene rings is 2. The highest BCUT2D eigenvalue weighted by Crippen LogP contribution is 2.23. The van der Waals surface area contributed by atoms with Gasteiger partial charge in [0.2, 0.25) is 6.10 Å². The molecule has 0 bridgehead atoms. The highest BCUT2D eigenvalue weighted by Gasteiger charge is 2.30. The molecule has 1 saturated carbocycles. The third kappa shape index (κ3) is 6.12. The zero-order valence-corrected chi connectivity index (χ0v) is 15.3. The van der Waals surface area contributed by atoms with Crippen molar-refractivity contribution in [2.45, 2.75) is 25.0 Å².